The molecule has 0 amide bonds. The van der Waals surface area contributed by atoms with Gasteiger partial charge in [-0.15, -0.1) is 11.3 Å². The molecule has 0 saturated heterocycles. The smallest absolute Gasteiger partial charge is 0.346 e. The monoisotopic (exact) mass is 347 g/mol. The Bertz CT molecular complexity index is 666. The van der Waals surface area contributed by atoms with Gasteiger partial charge in [-0.2, -0.15) is 0 Å². The summed E-state index contributed by atoms with van der Waals surface area (Å²) in [5, 5.41) is 9.01. The van der Waals surface area contributed by atoms with E-state index >= 15 is 0 Å². The van der Waals surface area contributed by atoms with E-state index in [9.17, 15) is 13.2 Å². The molecule has 6 nitrogen and oxygen atoms in total. The molecule has 0 spiro atoms. The third-order valence-electron chi connectivity index (χ3n) is 3.29. The van der Waals surface area contributed by atoms with Crippen LogP contribution in [0.2, 0.25) is 0 Å². The zero-order valence-electron chi connectivity index (χ0n) is 13.0. The molecule has 0 aromatic carbocycles. The van der Waals surface area contributed by atoms with Crippen molar-refractivity contribution in [2.75, 3.05) is 0 Å². The van der Waals surface area contributed by atoms with Crippen LogP contribution in [0.3, 0.4) is 0 Å². The molecule has 2 N–H and O–H groups in total. The molecule has 1 aliphatic rings. The normalized spacial score (nSPS) is 22.4. The second kappa shape index (κ2) is 5.92. The van der Waals surface area contributed by atoms with Crippen molar-refractivity contribution in [2.24, 2.45) is 0 Å². The highest BCUT2D eigenvalue weighted by molar-refractivity contribution is 7.91. The number of carboxylic acids is 1. The third-order valence-corrected chi connectivity index (χ3v) is 6.51. The number of rotatable bonds is 5. The fraction of sp³-hybridized carbons (Fsp3) is 0.643. The van der Waals surface area contributed by atoms with E-state index in [0.29, 0.717) is 18.4 Å². The summed E-state index contributed by atoms with van der Waals surface area (Å²) in [6.07, 6.45) is 1.33. The van der Waals surface area contributed by atoms with Crippen molar-refractivity contribution in [3.05, 3.63) is 16.5 Å². The van der Waals surface area contributed by atoms with Gasteiger partial charge in [0.15, 0.2) is 0 Å². The predicted octanol–water partition coefficient (Wildman–Crippen LogP) is 2.38. The van der Waals surface area contributed by atoms with Gasteiger partial charge in [-0.3, -0.25) is 0 Å². The van der Waals surface area contributed by atoms with Crippen LogP contribution in [-0.4, -0.2) is 37.2 Å². The first-order chi connectivity index (χ1) is 9.98. The summed E-state index contributed by atoms with van der Waals surface area (Å²) in [4.78, 5) is 11.1. The molecule has 0 unspecified atom stereocenters. The van der Waals surface area contributed by atoms with Gasteiger partial charge in [0.1, 0.15) is 9.09 Å². The van der Waals surface area contributed by atoms with E-state index in [4.69, 9.17) is 9.84 Å². The maximum absolute atomic E-state index is 12.3. The van der Waals surface area contributed by atoms with E-state index in [1.54, 1.807) is 6.92 Å². The average molecular weight is 347 g/mol. The van der Waals surface area contributed by atoms with Crippen molar-refractivity contribution in [1.82, 2.24) is 4.72 Å². The van der Waals surface area contributed by atoms with Crippen LogP contribution < -0.4 is 4.72 Å². The van der Waals surface area contributed by atoms with Crippen LogP contribution in [0.15, 0.2) is 10.3 Å². The zero-order chi connectivity index (χ0) is 16.7. The molecule has 8 heteroatoms. The number of ether oxygens (including phenoxy) is 1. The quantitative estimate of drug-likeness (QED) is 0.853. The molecule has 1 aromatic heterocycles. The summed E-state index contributed by atoms with van der Waals surface area (Å²) in [6, 6.07) is 1.24. The molecule has 124 valence electrons. The van der Waals surface area contributed by atoms with Gasteiger partial charge in [-0.25, -0.2) is 17.9 Å². The van der Waals surface area contributed by atoms with E-state index in [-0.39, 0.29) is 26.8 Å². The van der Waals surface area contributed by atoms with E-state index in [1.165, 1.54) is 6.07 Å². The molecule has 0 atom stereocenters. The van der Waals surface area contributed by atoms with Gasteiger partial charge in [0.2, 0.25) is 10.0 Å². The number of aryl methyl sites for hydroxylation is 1. The van der Waals surface area contributed by atoms with Gasteiger partial charge in [0, 0.05) is 6.04 Å². The molecule has 1 heterocycles. The Balaban J connectivity index is 1.99. The predicted molar refractivity (Wildman–Crippen MR) is 84.0 cm³/mol. The summed E-state index contributed by atoms with van der Waals surface area (Å²) < 4.78 is 33.0. The van der Waals surface area contributed by atoms with Crippen molar-refractivity contribution >= 4 is 27.3 Å². The van der Waals surface area contributed by atoms with Crippen molar-refractivity contribution in [3.63, 3.8) is 0 Å². The van der Waals surface area contributed by atoms with Gasteiger partial charge in [0.05, 0.1) is 11.7 Å². The minimum absolute atomic E-state index is 0.0441. The number of nitrogens with one attached hydrogen (secondary N) is 1. The molecule has 2 rings (SSSR count). The lowest BCUT2D eigenvalue weighted by atomic mass is 9.89. The van der Waals surface area contributed by atoms with Gasteiger partial charge in [0.25, 0.3) is 0 Å². The Hall–Kier alpha value is -0.960. The fourth-order valence-electron chi connectivity index (χ4n) is 2.33. The maximum atomic E-state index is 12.3. The molecular formula is C14H21NO5S2. The van der Waals surface area contributed by atoms with Crippen molar-refractivity contribution in [2.45, 2.75) is 62.5 Å². The van der Waals surface area contributed by atoms with Crippen LogP contribution in [0.1, 0.15) is 48.8 Å². The van der Waals surface area contributed by atoms with Crippen LogP contribution in [0.25, 0.3) is 0 Å². The number of carbonyl (C=O) groups is 1. The number of carboxylic acid groups (broad SMARTS) is 1. The van der Waals surface area contributed by atoms with E-state index in [0.717, 1.165) is 11.3 Å². The van der Waals surface area contributed by atoms with E-state index in [2.05, 4.69) is 4.72 Å². The lowest BCUT2D eigenvalue weighted by Crippen LogP contribution is -2.49. The molecule has 0 radical (unpaired) electrons. The Kier molecular flexibility index (Phi) is 4.68. The van der Waals surface area contributed by atoms with Crippen molar-refractivity contribution < 1.29 is 23.1 Å². The summed E-state index contributed by atoms with van der Waals surface area (Å²) in [5.74, 6) is -1.11. The number of hydrogen-bond acceptors (Lipinski definition) is 5. The molecule has 1 aliphatic carbocycles. The van der Waals surface area contributed by atoms with Crippen LogP contribution in [-0.2, 0) is 14.8 Å². The van der Waals surface area contributed by atoms with Crippen LogP contribution in [0.4, 0.5) is 0 Å². The van der Waals surface area contributed by atoms with Crippen molar-refractivity contribution in [1.29, 1.82) is 0 Å². The van der Waals surface area contributed by atoms with Gasteiger partial charge in [-0.05, 0) is 52.2 Å². The van der Waals surface area contributed by atoms with Crippen LogP contribution in [0.5, 0.6) is 0 Å². The number of hydrogen-bond donors (Lipinski definition) is 2. The standard InChI is InChI=1S/C14H21NO5S2/c1-8-5-11(21-12(8)13(16)17)22(18,19)15-9-6-10(7-9)20-14(2,3)4/h5,9-10,15H,6-7H2,1-4H3,(H,16,17). The Morgan fingerprint density at radius 1 is 1.41 bits per heavy atom. The second-order valence-electron chi connectivity index (χ2n) is 6.52. The minimum atomic E-state index is -3.67. The fourth-order valence-corrected chi connectivity index (χ4v) is 4.99. The zero-order valence-corrected chi connectivity index (χ0v) is 14.7. The molecule has 1 saturated carbocycles. The Morgan fingerprint density at radius 3 is 2.45 bits per heavy atom. The minimum Gasteiger partial charge on any atom is -0.477 e. The molecule has 22 heavy (non-hydrogen) atoms. The summed E-state index contributed by atoms with van der Waals surface area (Å²) in [7, 11) is -3.67. The van der Waals surface area contributed by atoms with Crippen LogP contribution in [0, 0.1) is 6.92 Å². The number of aromatic carboxylic acids is 1. The Morgan fingerprint density at radius 2 is 2.00 bits per heavy atom. The van der Waals surface area contributed by atoms with Crippen LogP contribution >= 0.6 is 11.3 Å². The molecule has 1 aromatic rings. The van der Waals surface area contributed by atoms with E-state index < -0.39 is 16.0 Å². The van der Waals surface area contributed by atoms with Crippen molar-refractivity contribution in [3.8, 4) is 0 Å². The molecule has 0 aliphatic heterocycles. The first-order valence-corrected chi connectivity index (χ1v) is 9.32. The van der Waals surface area contributed by atoms with Gasteiger partial charge < -0.3 is 9.84 Å². The molecular weight excluding hydrogens is 326 g/mol. The molecule has 1 fully saturated rings. The SMILES string of the molecule is Cc1cc(S(=O)(=O)NC2CC(OC(C)(C)C)C2)sc1C(=O)O. The largest absolute Gasteiger partial charge is 0.477 e. The third kappa shape index (κ3) is 4.07. The topological polar surface area (TPSA) is 92.7 Å². The Labute approximate surface area is 134 Å². The van der Waals surface area contributed by atoms with Gasteiger partial charge >= 0.3 is 5.97 Å². The second-order valence-corrected chi connectivity index (χ2v) is 9.52. The highest BCUT2D eigenvalue weighted by atomic mass is 32.2. The maximum Gasteiger partial charge on any atom is 0.346 e. The highest BCUT2D eigenvalue weighted by Gasteiger charge is 2.36. The van der Waals surface area contributed by atoms with Gasteiger partial charge in [-0.1, -0.05) is 0 Å². The van der Waals surface area contributed by atoms with E-state index in [1.807, 2.05) is 20.8 Å². The average Bonchev–Trinajstić information content (AvgIpc) is 2.67. The number of sulfonamides is 1. The number of thiophene rings is 1. The lowest BCUT2D eigenvalue weighted by molar-refractivity contribution is -0.0995. The summed E-state index contributed by atoms with van der Waals surface area (Å²) in [5.41, 5.74) is 0.218. The molecule has 0 bridgehead atoms. The highest BCUT2D eigenvalue weighted by Crippen LogP contribution is 2.31. The summed E-state index contributed by atoms with van der Waals surface area (Å²) in [6.45, 7) is 7.49. The first kappa shape index (κ1) is 17.4. The lowest BCUT2D eigenvalue weighted by Gasteiger charge is -2.39. The first-order valence-electron chi connectivity index (χ1n) is 7.02. The summed E-state index contributed by atoms with van der Waals surface area (Å²) >= 11 is 0.781.